The van der Waals surface area contributed by atoms with Crippen LogP contribution in [0.5, 0.6) is 0 Å². The number of hydrogen-bond donors (Lipinski definition) is 3. The lowest BCUT2D eigenvalue weighted by Gasteiger charge is -2.18. The summed E-state index contributed by atoms with van der Waals surface area (Å²) in [4.78, 5) is 42.8. The molecule has 0 heterocycles. The van der Waals surface area contributed by atoms with E-state index in [1.807, 2.05) is 37.3 Å². The van der Waals surface area contributed by atoms with Crippen LogP contribution in [-0.4, -0.2) is 52.3 Å². The quantitative estimate of drug-likeness (QED) is 0.0190. The summed E-state index contributed by atoms with van der Waals surface area (Å²) in [7, 11) is -4.78. The standard InChI is InChI=1S/C42H73O9P/c1-4-39(43)33-29-25-21-17-13-9-5-6-10-15-19-23-27-31-35-42(45)51-40(37-50-52(46,47)48)36-49-41(44)34-30-26-22-18-14-11-7-8-12-16-20-24-28-32-38(2)3/h6,9-10,13,19,21,23,25,29,33,38-40,43H,4-5,7-8,11-12,14-18,20,22,24,26-28,30-32,34-37H2,1-3H3,(H2,46,47,48)/b10-6-,13-9-,23-19-,25-21-,33-29+/t39-,40-/m1/s1. The number of aliphatic hydroxyl groups excluding tert-OH is 1. The molecule has 0 fully saturated rings. The van der Waals surface area contributed by atoms with Gasteiger partial charge in [0, 0.05) is 12.8 Å². The lowest BCUT2D eigenvalue weighted by molar-refractivity contribution is -0.161. The van der Waals surface area contributed by atoms with Crippen LogP contribution >= 0.6 is 7.82 Å². The molecule has 52 heavy (non-hydrogen) atoms. The molecule has 0 amide bonds. The molecule has 0 aliphatic rings. The first-order valence-corrected chi connectivity index (χ1v) is 21.6. The molecular weight excluding hydrogens is 679 g/mol. The fourth-order valence-corrected chi connectivity index (χ4v) is 5.61. The van der Waals surface area contributed by atoms with Gasteiger partial charge < -0.3 is 24.4 Å². The van der Waals surface area contributed by atoms with Crippen molar-refractivity contribution in [1.82, 2.24) is 0 Å². The lowest BCUT2D eigenvalue weighted by atomic mass is 10.0. The number of esters is 2. The van der Waals surface area contributed by atoms with Gasteiger partial charge in [0.1, 0.15) is 6.61 Å². The highest BCUT2D eigenvalue weighted by Crippen LogP contribution is 2.36. The Hall–Kier alpha value is -2.29. The Morgan fingerprint density at radius 3 is 1.67 bits per heavy atom. The molecule has 0 saturated heterocycles. The Bertz CT molecular complexity index is 1060. The van der Waals surface area contributed by atoms with Crippen molar-refractivity contribution in [2.45, 2.75) is 174 Å². The van der Waals surface area contributed by atoms with Crippen LogP contribution in [0.1, 0.15) is 162 Å². The fraction of sp³-hybridized carbons (Fsp3) is 0.714. The highest BCUT2D eigenvalue weighted by molar-refractivity contribution is 7.46. The van der Waals surface area contributed by atoms with Crippen molar-refractivity contribution in [3.8, 4) is 0 Å². The van der Waals surface area contributed by atoms with Crippen molar-refractivity contribution in [1.29, 1.82) is 0 Å². The molecule has 0 spiro atoms. The summed E-state index contributed by atoms with van der Waals surface area (Å²) in [5, 5.41) is 9.45. The van der Waals surface area contributed by atoms with E-state index in [9.17, 15) is 19.3 Å². The van der Waals surface area contributed by atoms with Crippen LogP contribution in [0.15, 0.2) is 60.8 Å². The Morgan fingerprint density at radius 2 is 1.13 bits per heavy atom. The Balaban J connectivity index is 4.06. The largest absolute Gasteiger partial charge is 0.469 e. The SMILES string of the molecule is CC[C@@H](O)/C=C/C=C\C/C=C\C/C=C\C/C=C\CCCC(=O)O[C@H](COC(=O)CCCCCCCCCCCCCCCC(C)C)COP(=O)(O)O. The molecule has 10 heteroatoms. The van der Waals surface area contributed by atoms with Crippen LogP contribution in [0.2, 0.25) is 0 Å². The summed E-state index contributed by atoms with van der Waals surface area (Å²) < 4.78 is 26.3. The highest BCUT2D eigenvalue weighted by Gasteiger charge is 2.22. The van der Waals surface area contributed by atoms with Gasteiger partial charge in [0.15, 0.2) is 6.10 Å². The van der Waals surface area contributed by atoms with Gasteiger partial charge in [0.05, 0.1) is 12.7 Å². The maximum Gasteiger partial charge on any atom is 0.469 e. The van der Waals surface area contributed by atoms with Gasteiger partial charge in [-0.2, -0.15) is 0 Å². The maximum absolute atomic E-state index is 12.4. The van der Waals surface area contributed by atoms with Gasteiger partial charge in [0.2, 0.25) is 0 Å². The summed E-state index contributed by atoms with van der Waals surface area (Å²) in [6.45, 7) is 5.63. The third-order valence-electron chi connectivity index (χ3n) is 8.39. The zero-order valence-corrected chi connectivity index (χ0v) is 33.6. The molecule has 9 nitrogen and oxygen atoms in total. The van der Waals surface area contributed by atoms with Crippen LogP contribution in [0.25, 0.3) is 0 Å². The summed E-state index contributed by atoms with van der Waals surface area (Å²) >= 11 is 0. The van der Waals surface area contributed by atoms with Gasteiger partial charge in [-0.1, -0.05) is 165 Å². The monoisotopic (exact) mass is 752 g/mol. The number of ether oxygens (including phenoxy) is 2. The first kappa shape index (κ1) is 49.7. The predicted molar refractivity (Wildman–Crippen MR) is 213 cm³/mol. The average Bonchev–Trinajstić information content (AvgIpc) is 3.10. The third-order valence-corrected chi connectivity index (χ3v) is 8.87. The van der Waals surface area contributed by atoms with Crippen molar-refractivity contribution in [3.63, 3.8) is 0 Å². The van der Waals surface area contributed by atoms with Crippen molar-refractivity contribution in [2.24, 2.45) is 5.92 Å². The van der Waals surface area contributed by atoms with Crippen LogP contribution in [0, 0.1) is 5.92 Å². The van der Waals surface area contributed by atoms with E-state index in [-0.39, 0.29) is 25.6 Å². The van der Waals surface area contributed by atoms with Crippen molar-refractivity contribution in [2.75, 3.05) is 13.2 Å². The van der Waals surface area contributed by atoms with Crippen molar-refractivity contribution < 1.29 is 43.0 Å². The normalized spacial score (nSPS) is 13.8. The molecule has 3 N–H and O–H groups in total. The minimum atomic E-state index is -4.78. The molecule has 0 radical (unpaired) electrons. The third kappa shape index (κ3) is 38.9. The van der Waals surface area contributed by atoms with Gasteiger partial charge in [-0.3, -0.25) is 14.1 Å². The maximum atomic E-state index is 12.4. The summed E-state index contributed by atoms with van der Waals surface area (Å²) in [5.41, 5.74) is 0. The zero-order chi connectivity index (χ0) is 38.5. The topological polar surface area (TPSA) is 140 Å². The van der Waals surface area contributed by atoms with Crippen molar-refractivity contribution >= 4 is 19.8 Å². The van der Waals surface area contributed by atoms with Crippen LogP contribution in [-0.2, 0) is 28.2 Å². The zero-order valence-electron chi connectivity index (χ0n) is 32.7. The highest BCUT2D eigenvalue weighted by atomic mass is 31.2. The van der Waals surface area contributed by atoms with E-state index in [0.717, 1.165) is 44.4 Å². The Labute approximate surface area is 316 Å². The molecule has 0 aromatic carbocycles. The predicted octanol–water partition coefficient (Wildman–Crippen LogP) is 11.0. The first-order chi connectivity index (χ1) is 25.0. The molecule has 0 aromatic rings. The second kappa shape index (κ2) is 35.7. The van der Waals surface area contributed by atoms with Crippen LogP contribution in [0.3, 0.4) is 0 Å². The molecule has 0 bridgehead atoms. The van der Waals surface area contributed by atoms with Gasteiger partial charge in [-0.15, -0.1) is 0 Å². The second-order valence-corrected chi connectivity index (χ2v) is 15.2. The Morgan fingerprint density at radius 1 is 0.635 bits per heavy atom. The van der Waals surface area contributed by atoms with E-state index < -0.39 is 32.5 Å². The number of carbonyl (C=O) groups excluding carboxylic acids is 2. The minimum Gasteiger partial charge on any atom is -0.462 e. The fourth-order valence-electron chi connectivity index (χ4n) is 5.25. The van der Waals surface area contributed by atoms with E-state index in [4.69, 9.17) is 19.3 Å². The summed E-state index contributed by atoms with van der Waals surface area (Å²) in [6, 6.07) is 0. The van der Waals surface area contributed by atoms with E-state index in [1.165, 1.54) is 64.2 Å². The van der Waals surface area contributed by atoms with E-state index >= 15 is 0 Å². The molecule has 0 rings (SSSR count). The number of rotatable bonds is 35. The van der Waals surface area contributed by atoms with E-state index in [2.05, 4.69) is 42.7 Å². The van der Waals surface area contributed by atoms with Gasteiger partial charge in [-0.25, -0.2) is 4.57 Å². The van der Waals surface area contributed by atoms with E-state index in [1.54, 1.807) is 6.08 Å². The van der Waals surface area contributed by atoms with Gasteiger partial charge in [-0.05, 0) is 50.9 Å². The molecule has 0 aliphatic carbocycles. The van der Waals surface area contributed by atoms with Gasteiger partial charge in [0.25, 0.3) is 0 Å². The molecule has 2 atom stereocenters. The molecule has 0 aromatic heterocycles. The molecule has 0 saturated carbocycles. The molecule has 300 valence electrons. The number of carbonyl (C=O) groups is 2. The summed E-state index contributed by atoms with van der Waals surface area (Å²) in [6.07, 6.45) is 40.4. The number of hydrogen-bond acceptors (Lipinski definition) is 7. The van der Waals surface area contributed by atoms with E-state index in [0.29, 0.717) is 25.7 Å². The van der Waals surface area contributed by atoms with Gasteiger partial charge >= 0.3 is 19.8 Å². The molecule has 0 unspecified atom stereocenters. The smallest absolute Gasteiger partial charge is 0.462 e. The number of phosphoric ester groups is 1. The first-order valence-electron chi connectivity index (χ1n) is 20.0. The Kier molecular flexibility index (Phi) is 34.2. The van der Waals surface area contributed by atoms with Crippen LogP contribution in [0.4, 0.5) is 0 Å². The number of aliphatic hydroxyl groups is 1. The number of allylic oxidation sites excluding steroid dienone is 9. The second-order valence-electron chi connectivity index (χ2n) is 13.9. The summed E-state index contributed by atoms with van der Waals surface area (Å²) in [5.74, 6) is -0.154. The average molecular weight is 753 g/mol. The number of unbranched alkanes of at least 4 members (excludes halogenated alkanes) is 13. The van der Waals surface area contributed by atoms with Crippen molar-refractivity contribution in [3.05, 3.63) is 60.8 Å². The molecular formula is C42H73O9P. The van der Waals surface area contributed by atoms with Crippen LogP contribution < -0.4 is 0 Å². The minimum absolute atomic E-state index is 0.118. The number of phosphoric acid groups is 1. The lowest BCUT2D eigenvalue weighted by Crippen LogP contribution is -2.29. The molecule has 0 aliphatic heterocycles.